The number of fused-ring (bicyclic) bond motifs is 1. The van der Waals surface area contributed by atoms with Crippen LogP contribution in [0.3, 0.4) is 0 Å². The smallest absolute Gasteiger partial charge is 0.123 e. The molecule has 0 radical (unpaired) electrons. The van der Waals surface area contributed by atoms with E-state index in [1.165, 1.54) is 12.1 Å². The summed E-state index contributed by atoms with van der Waals surface area (Å²) < 4.78 is 13.2. The number of hydrogen-bond donors (Lipinski definition) is 1. The molecule has 0 aliphatic heterocycles. The molecule has 0 saturated heterocycles. The maximum absolute atomic E-state index is 13.2. The van der Waals surface area contributed by atoms with Gasteiger partial charge in [0, 0.05) is 6.42 Å². The SMILES string of the molecule is OC(Cc1cccc2ccccc12)c1cccc(F)c1. The molecule has 0 aliphatic rings. The van der Waals surface area contributed by atoms with Gasteiger partial charge in [0.2, 0.25) is 0 Å². The molecular weight excluding hydrogens is 251 g/mol. The maximum atomic E-state index is 13.2. The van der Waals surface area contributed by atoms with Crippen molar-refractivity contribution in [2.45, 2.75) is 12.5 Å². The molecule has 0 spiro atoms. The van der Waals surface area contributed by atoms with Crippen molar-refractivity contribution in [2.75, 3.05) is 0 Å². The Morgan fingerprint density at radius 2 is 1.65 bits per heavy atom. The highest BCUT2D eigenvalue weighted by molar-refractivity contribution is 5.85. The molecule has 3 aromatic rings. The molecule has 2 heteroatoms. The molecule has 100 valence electrons. The van der Waals surface area contributed by atoms with Gasteiger partial charge in [-0.25, -0.2) is 4.39 Å². The van der Waals surface area contributed by atoms with E-state index in [2.05, 4.69) is 0 Å². The molecular formula is C18H15FO. The second-order valence-electron chi connectivity index (χ2n) is 4.91. The molecule has 0 bridgehead atoms. The Morgan fingerprint density at radius 3 is 2.50 bits per heavy atom. The summed E-state index contributed by atoms with van der Waals surface area (Å²) >= 11 is 0. The quantitative estimate of drug-likeness (QED) is 0.751. The Kier molecular flexibility index (Phi) is 3.48. The molecule has 1 N–H and O–H groups in total. The molecule has 20 heavy (non-hydrogen) atoms. The van der Waals surface area contributed by atoms with Crippen LogP contribution in [-0.4, -0.2) is 5.11 Å². The molecule has 3 rings (SSSR count). The van der Waals surface area contributed by atoms with E-state index in [1.807, 2.05) is 42.5 Å². The van der Waals surface area contributed by atoms with Crippen LogP contribution < -0.4 is 0 Å². The van der Waals surface area contributed by atoms with Crippen molar-refractivity contribution < 1.29 is 9.50 Å². The number of halogens is 1. The van der Waals surface area contributed by atoms with Crippen molar-refractivity contribution in [3.8, 4) is 0 Å². The molecule has 3 aromatic carbocycles. The summed E-state index contributed by atoms with van der Waals surface area (Å²) in [7, 11) is 0. The van der Waals surface area contributed by atoms with Crippen LogP contribution in [0.1, 0.15) is 17.2 Å². The van der Waals surface area contributed by atoms with Crippen LogP contribution in [0.25, 0.3) is 10.8 Å². The molecule has 0 amide bonds. The van der Waals surface area contributed by atoms with Crippen LogP contribution in [0.15, 0.2) is 66.7 Å². The first-order valence-corrected chi connectivity index (χ1v) is 6.64. The first-order valence-electron chi connectivity index (χ1n) is 6.64. The highest BCUT2D eigenvalue weighted by Crippen LogP contribution is 2.24. The fourth-order valence-electron chi connectivity index (χ4n) is 2.51. The number of rotatable bonds is 3. The molecule has 1 atom stereocenters. The summed E-state index contributed by atoms with van der Waals surface area (Å²) in [6.07, 6.45) is -0.221. The normalized spacial score (nSPS) is 12.5. The topological polar surface area (TPSA) is 20.2 Å². The van der Waals surface area contributed by atoms with E-state index in [9.17, 15) is 9.50 Å². The van der Waals surface area contributed by atoms with Crippen molar-refractivity contribution in [3.05, 3.63) is 83.7 Å². The van der Waals surface area contributed by atoms with Crippen LogP contribution in [0.2, 0.25) is 0 Å². The fraction of sp³-hybridized carbons (Fsp3) is 0.111. The van der Waals surface area contributed by atoms with E-state index >= 15 is 0 Å². The van der Waals surface area contributed by atoms with Gasteiger partial charge in [-0.05, 0) is 34.0 Å². The van der Waals surface area contributed by atoms with Gasteiger partial charge in [-0.15, -0.1) is 0 Å². The molecule has 0 aliphatic carbocycles. The van der Waals surface area contributed by atoms with Gasteiger partial charge in [0.15, 0.2) is 0 Å². The van der Waals surface area contributed by atoms with Gasteiger partial charge in [0.05, 0.1) is 6.10 Å². The van der Waals surface area contributed by atoms with Crippen LogP contribution >= 0.6 is 0 Å². The molecule has 0 saturated carbocycles. The summed E-state index contributed by atoms with van der Waals surface area (Å²) in [6.45, 7) is 0. The van der Waals surface area contributed by atoms with Crippen molar-refractivity contribution >= 4 is 10.8 Å². The van der Waals surface area contributed by atoms with Crippen molar-refractivity contribution in [1.82, 2.24) is 0 Å². The Morgan fingerprint density at radius 1 is 0.900 bits per heavy atom. The lowest BCUT2D eigenvalue weighted by atomic mass is 9.97. The van der Waals surface area contributed by atoms with E-state index in [4.69, 9.17) is 0 Å². The largest absolute Gasteiger partial charge is 0.388 e. The Bertz CT molecular complexity index is 731. The minimum Gasteiger partial charge on any atom is -0.388 e. The number of aliphatic hydroxyl groups excluding tert-OH is 1. The van der Waals surface area contributed by atoms with Gasteiger partial charge in [-0.3, -0.25) is 0 Å². The van der Waals surface area contributed by atoms with Crippen molar-refractivity contribution in [3.63, 3.8) is 0 Å². The van der Waals surface area contributed by atoms with E-state index in [-0.39, 0.29) is 5.82 Å². The number of benzene rings is 3. The predicted molar refractivity (Wildman–Crippen MR) is 79.0 cm³/mol. The molecule has 1 nitrogen and oxygen atoms in total. The fourth-order valence-corrected chi connectivity index (χ4v) is 2.51. The van der Waals surface area contributed by atoms with Gasteiger partial charge in [-0.1, -0.05) is 54.6 Å². The first kappa shape index (κ1) is 12.8. The van der Waals surface area contributed by atoms with Crippen molar-refractivity contribution in [1.29, 1.82) is 0 Å². The third kappa shape index (κ3) is 2.56. The predicted octanol–water partition coefficient (Wildman–Crippen LogP) is 4.26. The zero-order chi connectivity index (χ0) is 13.9. The number of hydrogen-bond acceptors (Lipinski definition) is 1. The van der Waals surface area contributed by atoms with Crippen LogP contribution in [0.4, 0.5) is 4.39 Å². The monoisotopic (exact) mass is 266 g/mol. The summed E-state index contributed by atoms with van der Waals surface area (Å²) in [6, 6.07) is 20.2. The maximum Gasteiger partial charge on any atom is 0.123 e. The van der Waals surface area contributed by atoms with E-state index in [0.29, 0.717) is 12.0 Å². The average molecular weight is 266 g/mol. The molecule has 1 unspecified atom stereocenters. The lowest BCUT2D eigenvalue weighted by Gasteiger charge is -2.13. The zero-order valence-corrected chi connectivity index (χ0v) is 11.0. The lowest BCUT2D eigenvalue weighted by molar-refractivity contribution is 0.178. The lowest BCUT2D eigenvalue weighted by Crippen LogP contribution is -2.02. The second-order valence-corrected chi connectivity index (χ2v) is 4.91. The Hall–Kier alpha value is -2.19. The summed E-state index contributed by atoms with van der Waals surface area (Å²) in [5.41, 5.74) is 1.68. The molecule has 0 aromatic heterocycles. The van der Waals surface area contributed by atoms with E-state index in [0.717, 1.165) is 16.3 Å². The average Bonchev–Trinajstić information content (AvgIpc) is 2.47. The standard InChI is InChI=1S/C18H15FO/c19-16-9-4-8-15(11-16)18(20)12-14-7-3-6-13-5-1-2-10-17(13)14/h1-11,18,20H,12H2. The van der Waals surface area contributed by atoms with Gasteiger partial charge >= 0.3 is 0 Å². The minimum atomic E-state index is -0.698. The molecule has 0 fully saturated rings. The van der Waals surface area contributed by atoms with Gasteiger partial charge in [0.25, 0.3) is 0 Å². The van der Waals surface area contributed by atoms with Crippen LogP contribution in [0.5, 0.6) is 0 Å². The second kappa shape index (κ2) is 5.43. The number of aliphatic hydroxyl groups is 1. The Labute approximate surface area is 117 Å². The summed E-state index contributed by atoms with van der Waals surface area (Å²) in [5, 5.41) is 12.6. The van der Waals surface area contributed by atoms with E-state index < -0.39 is 6.10 Å². The molecule has 0 heterocycles. The van der Waals surface area contributed by atoms with Gasteiger partial charge < -0.3 is 5.11 Å². The van der Waals surface area contributed by atoms with E-state index in [1.54, 1.807) is 12.1 Å². The third-order valence-electron chi connectivity index (χ3n) is 3.53. The first-order chi connectivity index (χ1) is 9.74. The summed E-state index contributed by atoms with van der Waals surface area (Å²) in [4.78, 5) is 0. The minimum absolute atomic E-state index is 0.320. The highest BCUT2D eigenvalue weighted by atomic mass is 19.1. The van der Waals surface area contributed by atoms with Crippen LogP contribution in [0, 0.1) is 5.82 Å². The Balaban J connectivity index is 1.93. The summed E-state index contributed by atoms with van der Waals surface area (Å²) in [5.74, 6) is -0.320. The zero-order valence-electron chi connectivity index (χ0n) is 11.0. The van der Waals surface area contributed by atoms with Crippen molar-refractivity contribution in [2.24, 2.45) is 0 Å². The van der Waals surface area contributed by atoms with Crippen LogP contribution in [-0.2, 0) is 6.42 Å². The van der Waals surface area contributed by atoms with Gasteiger partial charge in [0.1, 0.15) is 5.82 Å². The van der Waals surface area contributed by atoms with Gasteiger partial charge in [-0.2, -0.15) is 0 Å². The highest BCUT2D eigenvalue weighted by Gasteiger charge is 2.11. The third-order valence-corrected chi connectivity index (χ3v) is 3.53.